The summed E-state index contributed by atoms with van der Waals surface area (Å²) < 4.78 is 5.46. The van der Waals surface area contributed by atoms with Gasteiger partial charge < -0.3 is 14.7 Å². The first kappa shape index (κ1) is 18.9. The van der Waals surface area contributed by atoms with Crippen molar-refractivity contribution in [3.8, 4) is 0 Å². The molecule has 0 bridgehead atoms. The zero-order valence-corrected chi connectivity index (χ0v) is 15.9. The van der Waals surface area contributed by atoms with Gasteiger partial charge in [0.25, 0.3) is 5.91 Å². The molecule has 0 saturated heterocycles. The van der Waals surface area contributed by atoms with Crippen molar-refractivity contribution < 1.29 is 19.4 Å². The van der Waals surface area contributed by atoms with Crippen LogP contribution < -0.4 is 0 Å². The number of carboxylic acid groups (broad SMARTS) is 1. The lowest BCUT2D eigenvalue weighted by atomic mass is 10.0. The van der Waals surface area contributed by atoms with Gasteiger partial charge >= 0.3 is 5.97 Å². The molecule has 4 rings (SSSR count). The summed E-state index contributed by atoms with van der Waals surface area (Å²) in [7, 11) is 0. The summed E-state index contributed by atoms with van der Waals surface area (Å²) in [6, 6.07) is 22.2. The predicted octanol–water partition coefficient (Wildman–Crippen LogP) is 4.26. The van der Waals surface area contributed by atoms with E-state index in [0.29, 0.717) is 31.9 Å². The highest BCUT2D eigenvalue weighted by molar-refractivity contribution is 5.94. The maximum atomic E-state index is 13.3. The molecule has 0 saturated carbocycles. The monoisotopic (exact) mass is 387 g/mol. The number of amides is 1. The Hall–Kier alpha value is -3.44. The van der Waals surface area contributed by atoms with E-state index in [2.05, 4.69) is 0 Å². The number of carboxylic acids is 1. The minimum absolute atomic E-state index is 0.0640. The van der Waals surface area contributed by atoms with Crippen LogP contribution in [0.3, 0.4) is 0 Å². The van der Waals surface area contributed by atoms with E-state index in [-0.39, 0.29) is 11.5 Å². The number of aromatic carboxylic acids is 1. The van der Waals surface area contributed by atoms with Gasteiger partial charge in [0.05, 0.1) is 18.8 Å². The number of hydrogen-bond acceptors (Lipinski definition) is 3. The van der Waals surface area contributed by atoms with Gasteiger partial charge in [0, 0.05) is 18.7 Å². The van der Waals surface area contributed by atoms with Crippen molar-refractivity contribution in [2.24, 2.45) is 0 Å². The predicted molar refractivity (Wildman–Crippen MR) is 108 cm³/mol. The van der Waals surface area contributed by atoms with Gasteiger partial charge in [-0.3, -0.25) is 4.79 Å². The molecular formula is C24H21NO4. The average Bonchev–Trinajstić information content (AvgIpc) is 3.22. The molecule has 0 spiro atoms. The molecule has 0 aromatic heterocycles. The highest BCUT2D eigenvalue weighted by atomic mass is 16.5. The first-order valence-electron chi connectivity index (χ1n) is 9.45. The number of ether oxygens (including phenoxy) is 1. The second-order valence-corrected chi connectivity index (χ2v) is 7.13. The largest absolute Gasteiger partial charge is 0.478 e. The van der Waals surface area contributed by atoms with E-state index < -0.39 is 5.97 Å². The van der Waals surface area contributed by atoms with Crippen molar-refractivity contribution in [1.82, 2.24) is 4.90 Å². The smallest absolute Gasteiger partial charge is 0.335 e. The van der Waals surface area contributed by atoms with E-state index in [9.17, 15) is 9.59 Å². The summed E-state index contributed by atoms with van der Waals surface area (Å²) in [4.78, 5) is 26.2. The van der Waals surface area contributed by atoms with Crippen LogP contribution in [0.15, 0.2) is 72.8 Å². The molecule has 1 heterocycles. The third kappa shape index (κ3) is 4.36. The first-order chi connectivity index (χ1) is 14.1. The van der Waals surface area contributed by atoms with Gasteiger partial charge in [-0.15, -0.1) is 0 Å². The lowest BCUT2D eigenvalue weighted by Gasteiger charge is -2.23. The fraction of sp³-hybridized carbons (Fsp3) is 0.167. The molecule has 1 N–H and O–H groups in total. The zero-order chi connectivity index (χ0) is 20.2. The molecule has 1 aliphatic rings. The average molecular weight is 387 g/mol. The minimum Gasteiger partial charge on any atom is -0.478 e. The van der Waals surface area contributed by atoms with Crippen LogP contribution in [0.5, 0.6) is 0 Å². The van der Waals surface area contributed by atoms with Crippen LogP contribution >= 0.6 is 0 Å². The van der Waals surface area contributed by atoms with E-state index in [1.807, 2.05) is 48.5 Å². The Labute approximate surface area is 169 Å². The van der Waals surface area contributed by atoms with Crippen molar-refractivity contribution in [2.45, 2.75) is 26.3 Å². The first-order valence-corrected chi connectivity index (χ1v) is 9.45. The number of carbonyl (C=O) groups excluding carboxylic acids is 1. The van der Waals surface area contributed by atoms with Gasteiger partial charge in [-0.1, -0.05) is 48.5 Å². The Morgan fingerprint density at radius 2 is 1.41 bits per heavy atom. The summed E-state index contributed by atoms with van der Waals surface area (Å²) in [5, 5.41) is 9.09. The molecule has 0 fully saturated rings. The van der Waals surface area contributed by atoms with E-state index in [0.717, 1.165) is 22.3 Å². The van der Waals surface area contributed by atoms with Gasteiger partial charge in [0.2, 0.25) is 0 Å². The third-order valence-electron chi connectivity index (χ3n) is 5.05. The number of carbonyl (C=O) groups is 2. The van der Waals surface area contributed by atoms with E-state index >= 15 is 0 Å². The maximum Gasteiger partial charge on any atom is 0.335 e. The van der Waals surface area contributed by atoms with Gasteiger partial charge in [-0.05, 0) is 46.5 Å². The number of rotatable bonds is 6. The fourth-order valence-electron chi connectivity index (χ4n) is 3.46. The summed E-state index contributed by atoms with van der Waals surface area (Å²) in [5.74, 6) is -1.03. The molecule has 5 nitrogen and oxygen atoms in total. The summed E-state index contributed by atoms with van der Waals surface area (Å²) in [6.45, 7) is 1.98. The van der Waals surface area contributed by atoms with Gasteiger partial charge in [-0.25, -0.2) is 4.79 Å². The molecule has 0 atom stereocenters. The van der Waals surface area contributed by atoms with Crippen molar-refractivity contribution in [3.63, 3.8) is 0 Å². The number of hydrogen-bond donors (Lipinski definition) is 1. The second kappa shape index (κ2) is 8.29. The summed E-state index contributed by atoms with van der Waals surface area (Å²) in [5.41, 5.74) is 4.96. The van der Waals surface area contributed by atoms with Crippen LogP contribution in [0.25, 0.3) is 0 Å². The molecule has 3 aromatic rings. The molecule has 1 amide bonds. The molecule has 146 valence electrons. The Morgan fingerprint density at radius 3 is 2.10 bits per heavy atom. The summed E-state index contributed by atoms with van der Waals surface area (Å²) >= 11 is 0. The highest BCUT2D eigenvalue weighted by Gasteiger charge is 2.20. The molecule has 0 radical (unpaired) electrons. The molecule has 1 aliphatic heterocycles. The van der Waals surface area contributed by atoms with E-state index in [1.165, 1.54) is 0 Å². The van der Waals surface area contributed by atoms with Crippen LogP contribution in [0.2, 0.25) is 0 Å². The van der Waals surface area contributed by atoms with Crippen LogP contribution in [-0.2, 0) is 31.0 Å². The molecule has 0 aliphatic carbocycles. The Balaban J connectivity index is 1.60. The normalized spacial score (nSPS) is 12.4. The lowest BCUT2D eigenvalue weighted by molar-refractivity contribution is 0.0693. The van der Waals surface area contributed by atoms with Crippen LogP contribution in [-0.4, -0.2) is 21.9 Å². The molecule has 29 heavy (non-hydrogen) atoms. The van der Waals surface area contributed by atoms with Crippen molar-refractivity contribution >= 4 is 11.9 Å². The van der Waals surface area contributed by atoms with Crippen LogP contribution in [0.4, 0.5) is 0 Å². The molecule has 0 unspecified atom stereocenters. The van der Waals surface area contributed by atoms with Gasteiger partial charge in [-0.2, -0.15) is 0 Å². The standard InChI is InChI=1S/C24H21NO4/c26-23(20-10-11-21-15-29-16-22(21)12-20)25(13-17-4-2-1-3-5-17)14-18-6-8-19(9-7-18)24(27)28/h1-12H,13-16H2,(H,27,28). The molecule has 3 aromatic carbocycles. The highest BCUT2D eigenvalue weighted by Crippen LogP contribution is 2.23. The van der Waals surface area contributed by atoms with Crippen molar-refractivity contribution in [3.05, 3.63) is 106 Å². The van der Waals surface area contributed by atoms with Crippen LogP contribution in [0.1, 0.15) is 43.0 Å². The van der Waals surface area contributed by atoms with Crippen molar-refractivity contribution in [1.29, 1.82) is 0 Å². The number of benzene rings is 3. The Bertz CT molecular complexity index is 1030. The molecular weight excluding hydrogens is 366 g/mol. The lowest BCUT2D eigenvalue weighted by Crippen LogP contribution is -2.30. The minimum atomic E-state index is -0.964. The maximum absolute atomic E-state index is 13.3. The second-order valence-electron chi connectivity index (χ2n) is 7.13. The van der Waals surface area contributed by atoms with Gasteiger partial charge in [0.15, 0.2) is 0 Å². The van der Waals surface area contributed by atoms with Crippen molar-refractivity contribution in [2.75, 3.05) is 0 Å². The topological polar surface area (TPSA) is 66.8 Å². The zero-order valence-electron chi connectivity index (χ0n) is 15.9. The van der Waals surface area contributed by atoms with Crippen LogP contribution in [0, 0.1) is 0 Å². The van der Waals surface area contributed by atoms with E-state index in [4.69, 9.17) is 9.84 Å². The third-order valence-corrected chi connectivity index (χ3v) is 5.05. The number of fused-ring (bicyclic) bond motifs is 1. The SMILES string of the molecule is O=C(O)c1ccc(CN(Cc2ccccc2)C(=O)c2ccc3c(c2)COC3)cc1. The van der Waals surface area contributed by atoms with Gasteiger partial charge in [0.1, 0.15) is 0 Å². The van der Waals surface area contributed by atoms with E-state index in [1.54, 1.807) is 29.2 Å². The summed E-state index contributed by atoms with van der Waals surface area (Å²) in [6.07, 6.45) is 0. The Kier molecular flexibility index (Phi) is 5.40. The Morgan fingerprint density at radius 1 is 0.793 bits per heavy atom. The number of nitrogens with zero attached hydrogens (tertiary/aromatic N) is 1. The molecule has 5 heteroatoms. The fourth-order valence-corrected chi connectivity index (χ4v) is 3.46. The quantitative estimate of drug-likeness (QED) is 0.686.